The van der Waals surface area contributed by atoms with E-state index in [-0.39, 0.29) is 10.1 Å². The quantitative estimate of drug-likeness (QED) is 0.512. The van der Waals surface area contributed by atoms with Crippen molar-refractivity contribution in [3.05, 3.63) is 78.1 Å². The highest BCUT2D eigenvalue weighted by molar-refractivity contribution is 7.90. The topological polar surface area (TPSA) is 51.4 Å². The van der Waals surface area contributed by atoms with E-state index >= 15 is 0 Å². The second-order valence-electron chi connectivity index (χ2n) is 5.25. The molecule has 4 nitrogen and oxygen atoms in total. The Morgan fingerprint density at radius 3 is 2.38 bits per heavy atom. The van der Waals surface area contributed by atoms with Crippen LogP contribution in [0.1, 0.15) is 12.5 Å². The SMILES string of the molecule is C=C(Cl)N=C(C)c1cn(S(=O)(=O)c2ccccc2)c2ccccc12. The Labute approximate surface area is 145 Å². The van der Waals surface area contributed by atoms with Crippen LogP contribution in [0.4, 0.5) is 0 Å². The molecule has 6 heteroatoms. The largest absolute Gasteiger partial charge is 0.268 e. The third-order valence-corrected chi connectivity index (χ3v) is 5.43. The van der Waals surface area contributed by atoms with Crippen LogP contribution in [0, 0.1) is 0 Å². The molecule has 0 fully saturated rings. The standard InChI is InChI=1S/C18H15ClN2O2S/c1-13(20-14(2)19)17-12-21(18-11-7-6-10-16(17)18)24(22,23)15-8-4-3-5-9-15/h3-12H,2H2,1H3. The van der Waals surface area contributed by atoms with E-state index in [1.165, 1.54) is 3.97 Å². The molecular weight excluding hydrogens is 344 g/mol. The van der Waals surface area contributed by atoms with Crippen LogP contribution in [-0.2, 0) is 10.0 Å². The Hall–Kier alpha value is -2.37. The van der Waals surface area contributed by atoms with E-state index < -0.39 is 10.0 Å². The summed E-state index contributed by atoms with van der Waals surface area (Å²) in [5.74, 6) is 0. The lowest BCUT2D eigenvalue weighted by atomic mass is 10.1. The third-order valence-electron chi connectivity index (χ3n) is 3.66. The molecule has 0 N–H and O–H groups in total. The number of halogens is 1. The van der Waals surface area contributed by atoms with Gasteiger partial charge in [-0.15, -0.1) is 0 Å². The molecule has 3 aromatic rings. The van der Waals surface area contributed by atoms with Crippen molar-refractivity contribution in [3.63, 3.8) is 0 Å². The third kappa shape index (κ3) is 2.88. The summed E-state index contributed by atoms with van der Waals surface area (Å²) in [5, 5.41) is 0.937. The summed E-state index contributed by atoms with van der Waals surface area (Å²) in [6.45, 7) is 5.33. The van der Waals surface area contributed by atoms with Crippen LogP contribution in [0.5, 0.6) is 0 Å². The Balaban J connectivity index is 2.29. The molecule has 1 aromatic heterocycles. The van der Waals surface area contributed by atoms with Gasteiger partial charge in [-0.1, -0.05) is 54.6 Å². The molecule has 0 amide bonds. The number of hydrogen-bond donors (Lipinski definition) is 0. The molecule has 1 heterocycles. The molecule has 0 aliphatic rings. The van der Waals surface area contributed by atoms with E-state index in [1.54, 1.807) is 55.6 Å². The van der Waals surface area contributed by atoms with Crippen molar-refractivity contribution in [1.82, 2.24) is 3.97 Å². The molecule has 122 valence electrons. The summed E-state index contributed by atoms with van der Waals surface area (Å²) in [6, 6.07) is 15.6. The van der Waals surface area contributed by atoms with Gasteiger partial charge < -0.3 is 0 Å². The maximum Gasteiger partial charge on any atom is 0.268 e. The Morgan fingerprint density at radius 1 is 1.08 bits per heavy atom. The van der Waals surface area contributed by atoms with Crippen molar-refractivity contribution in [2.24, 2.45) is 4.99 Å². The minimum Gasteiger partial charge on any atom is -0.241 e. The number of hydrogen-bond acceptors (Lipinski definition) is 3. The van der Waals surface area contributed by atoms with Gasteiger partial charge in [-0.05, 0) is 25.1 Å². The van der Waals surface area contributed by atoms with Crippen LogP contribution in [0.3, 0.4) is 0 Å². The van der Waals surface area contributed by atoms with Crippen molar-refractivity contribution in [3.8, 4) is 0 Å². The molecule has 0 atom stereocenters. The van der Waals surface area contributed by atoms with Gasteiger partial charge in [0.2, 0.25) is 0 Å². The van der Waals surface area contributed by atoms with Gasteiger partial charge >= 0.3 is 0 Å². The Kier molecular flexibility index (Phi) is 4.30. The molecule has 0 saturated carbocycles. The normalized spacial score (nSPS) is 12.5. The minimum atomic E-state index is -3.70. The van der Waals surface area contributed by atoms with Crippen LogP contribution in [0.25, 0.3) is 10.9 Å². The number of aromatic nitrogens is 1. The number of rotatable bonds is 4. The summed E-state index contributed by atoms with van der Waals surface area (Å²) in [7, 11) is -3.70. The highest BCUT2D eigenvalue weighted by Crippen LogP contribution is 2.26. The molecule has 0 unspecified atom stereocenters. The van der Waals surface area contributed by atoms with E-state index in [4.69, 9.17) is 11.6 Å². The fourth-order valence-corrected chi connectivity index (χ4v) is 4.10. The van der Waals surface area contributed by atoms with Crippen molar-refractivity contribution < 1.29 is 8.42 Å². The fraction of sp³-hybridized carbons (Fsp3) is 0.0556. The summed E-state index contributed by atoms with van der Waals surface area (Å²) in [6.07, 6.45) is 1.58. The first-order valence-electron chi connectivity index (χ1n) is 7.22. The minimum absolute atomic E-state index is 0.148. The summed E-state index contributed by atoms with van der Waals surface area (Å²) >= 11 is 5.76. The zero-order valence-electron chi connectivity index (χ0n) is 13.0. The first kappa shape index (κ1) is 16.5. The van der Waals surface area contributed by atoms with Gasteiger partial charge in [0.05, 0.1) is 10.4 Å². The highest BCUT2D eigenvalue weighted by Gasteiger charge is 2.21. The number of para-hydroxylation sites is 1. The number of benzene rings is 2. The van der Waals surface area contributed by atoms with E-state index in [9.17, 15) is 8.42 Å². The first-order valence-corrected chi connectivity index (χ1v) is 9.04. The van der Waals surface area contributed by atoms with Crippen LogP contribution in [0.15, 0.2) is 82.4 Å². The zero-order chi connectivity index (χ0) is 17.3. The van der Waals surface area contributed by atoms with Gasteiger partial charge in [0.1, 0.15) is 5.16 Å². The van der Waals surface area contributed by atoms with Gasteiger partial charge in [0.25, 0.3) is 10.0 Å². The maximum absolute atomic E-state index is 13.0. The van der Waals surface area contributed by atoms with Crippen molar-refractivity contribution in [1.29, 1.82) is 0 Å². The van der Waals surface area contributed by atoms with E-state index in [0.29, 0.717) is 16.8 Å². The smallest absolute Gasteiger partial charge is 0.241 e. The first-order chi connectivity index (χ1) is 11.4. The van der Waals surface area contributed by atoms with E-state index in [1.807, 2.05) is 12.1 Å². The lowest BCUT2D eigenvalue weighted by molar-refractivity contribution is 0.589. The van der Waals surface area contributed by atoms with Gasteiger partial charge in [-0.3, -0.25) is 0 Å². The number of nitrogens with zero attached hydrogens (tertiary/aromatic N) is 2. The molecule has 2 aromatic carbocycles. The Morgan fingerprint density at radius 2 is 1.71 bits per heavy atom. The highest BCUT2D eigenvalue weighted by atomic mass is 35.5. The predicted octanol–water partition coefficient (Wildman–Crippen LogP) is 4.40. The number of aliphatic imine (C=N–C) groups is 1. The molecule has 0 spiro atoms. The van der Waals surface area contributed by atoms with Crippen molar-refractivity contribution >= 4 is 38.2 Å². The summed E-state index contributed by atoms with van der Waals surface area (Å²) in [4.78, 5) is 4.38. The number of fused-ring (bicyclic) bond motifs is 1. The zero-order valence-corrected chi connectivity index (χ0v) is 14.6. The molecule has 0 aliphatic carbocycles. The van der Waals surface area contributed by atoms with Crippen LogP contribution in [-0.4, -0.2) is 18.1 Å². The lowest BCUT2D eigenvalue weighted by Gasteiger charge is -2.07. The second kappa shape index (κ2) is 6.26. The van der Waals surface area contributed by atoms with Crippen LogP contribution in [0.2, 0.25) is 0 Å². The van der Waals surface area contributed by atoms with Gasteiger partial charge in [0, 0.05) is 22.9 Å². The Bertz CT molecular complexity index is 1050. The van der Waals surface area contributed by atoms with Gasteiger partial charge in [-0.2, -0.15) is 0 Å². The van der Waals surface area contributed by atoms with Gasteiger partial charge in [-0.25, -0.2) is 17.4 Å². The molecule has 0 radical (unpaired) electrons. The molecule has 24 heavy (non-hydrogen) atoms. The van der Waals surface area contributed by atoms with Crippen LogP contribution >= 0.6 is 11.6 Å². The van der Waals surface area contributed by atoms with E-state index in [2.05, 4.69) is 11.6 Å². The van der Waals surface area contributed by atoms with Crippen LogP contribution < -0.4 is 0 Å². The average molecular weight is 359 g/mol. The molecule has 0 saturated heterocycles. The molecule has 0 aliphatic heterocycles. The van der Waals surface area contributed by atoms with E-state index in [0.717, 1.165) is 5.39 Å². The average Bonchev–Trinajstić information content (AvgIpc) is 2.95. The fourth-order valence-electron chi connectivity index (χ4n) is 2.59. The monoisotopic (exact) mass is 358 g/mol. The van der Waals surface area contributed by atoms with Gasteiger partial charge in [0.15, 0.2) is 0 Å². The predicted molar refractivity (Wildman–Crippen MR) is 98.2 cm³/mol. The summed E-state index contributed by atoms with van der Waals surface area (Å²) in [5.41, 5.74) is 1.89. The summed E-state index contributed by atoms with van der Waals surface area (Å²) < 4.78 is 27.3. The van der Waals surface area contributed by atoms with Crippen molar-refractivity contribution in [2.75, 3.05) is 0 Å². The molecule has 0 bridgehead atoms. The molecular formula is C18H15ClN2O2S. The second-order valence-corrected chi connectivity index (χ2v) is 7.50. The van der Waals surface area contributed by atoms with Crippen molar-refractivity contribution in [2.45, 2.75) is 11.8 Å². The molecule has 3 rings (SSSR count). The lowest BCUT2D eigenvalue weighted by Crippen LogP contribution is -2.11. The maximum atomic E-state index is 13.0.